The van der Waals surface area contributed by atoms with Crippen LogP contribution in [0.15, 0.2) is 59.6 Å². The van der Waals surface area contributed by atoms with E-state index in [0.29, 0.717) is 11.2 Å². The van der Waals surface area contributed by atoms with Gasteiger partial charge in [-0.3, -0.25) is 9.78 Å². The molecular formula is C20H19N3O4S. The molecule has 0 saturated heterocycles. The molecule has 3 aromatic rings. The van der Waals surface area contributed by atoms with Crippen molar-refractivity contribution < 1.29 is 17.9 Å². The van der Waals surface area contributed by atoms with Gasteiger partial charge >= 0.3 is 0 Å². The van der Waals surface area contributed by atoms with Gasteiger partial charge in [-0.15, -0.1) is 0 Å². The van der Waals surface area contributed by atoms with E-state index >= 15 is 0 Å². The number of para-hydroxylation sites is 1. The lowest BCUT2D eigenvalue weighted by molar-refractivity contribution is 0.102. The first kappa shape index (κ1) is 18.4. The molecule has 1 aliphatic rings. The number of hydrogen-bond donors (Lipinski definition) is 2. The van der Waals surface area contributed by atoms with E-state index in [4.69, 9.17) is 4.74 Å². The predicted molar refractivity (Wildman–Crippen MR) is 106 cm³/mol. The van der Waals surface area contributed by atoms with Crippen LogP contribution >= 0.6 is 0 Å². The van der Waals surface area contributed by atoms with Crippen molar-refractivity contribution in [3.63, 3.8) is 0 Å². The third kappa shape index (κ3) is 3.69. The number of methoxy groups -OCH3 is 1. The molecule has 0 aliphatic heterocycles. The summed E-state index contributed by atoms with van der Waals surface area (Å²) in [6.45, 7) is 0. The monoisotopic (exact) mass is 397 g/mol. The first-order valence-corrected chi connectivity index (χ1v) is 10.3. The predicted octanol–water partition coefficient (Wildman–Crippen LogP) is 2.94. The van der Waals surface area contributed by atoms with Gasteiger partial charge in [0.15, 0.2) is 0 Å². The van der Waals surface area contributed by atoms with Crippen LogP contribution in [0.1, 0.15) is 23.2 Å². The van der Waals surface area contributed by atoms with Crippen LogP contribution in [0.2, 0.25) is 0 Å². The summed E-state index contributed by atoms with van der Waals surface area (Å²) in [5, 5.41) is 3.71. The van der Waals surface area contributed by atoms with E-state index < -0.39 is 15.9 Å². The summed E-state index contributed by atoms with van der Waals surface area (Å²) in [5.74, 6) is -0.236. The number of amides is 1. The second-order valence-corrected chi connectivity index (χ2v) is 8.28. The van der Waals surface area contributed by atoms with Gasteiger partial charge in [0.05, 0.1) is 18.3 Å². The number of nitrogens with zero attached hydrogens (tertiary/aromatic N) is 1. The van der Waals surface area contributed by atoms with E-state index in [1.807, 2.05) is 24.3 Å². The Morgan fingerprint density at radius 3 is 2.68 bits per heavy atom. The standard InChI is InChI=1S/C20H19N3O4S/c1-27-17-10-7-14(12-18(17)28(25,26)23-15-8-9-15)20(24)22-16-6-2-4-13-5-3-11-21-19(13)16/h2-7,10-12,15,23H,8-9H2,1H3,(H,22,24). The number of carbonyl (C=O) groups is 1. The number of aromatic nitrogens is 1. The minimum absolute atomic E-state index is 0.0473. The van der Waals surface area contributed by atoms with Crippen molar-refractivity contribution in [2.45, 2.75) is 23.8 Å². The number of carbonyl (C=O) groups excluding carboxylic acids is 1. The highest BCUT2D eigenvalue weighted by Gasteiger charge is 2.30. The molecule has 8 heteroatoms. The fourth-order valence-electron chi connectivity index (χ4n) is 2.91. The van der Waals surface area contributed by atoms with Gasteiger partial charge in [0.2, 0.25) is 10.0 Å². The quantitative estimate of drug-likeness (QED) is 0.667. The summed E-state index contributed by atoms with van der Waals surface area (Å²) in [6.07, 6.45) is 3.28. The van der Waals surface area contributed by atoms with E-state index in [0.717, 1.165) is 18.2 Å². The number of pyridine rings is 1. The van der Waals surface area contributed by atoms with Crippen molar-refractivity contribution in [1.82, 2.24) is 9.71 Å². The Bertz CT molecular complexity index is 1150. The third-order valence-corrected chi connectivity index (χ3v) is 6.04. The van der Waals surface area contributed by atoms with Crippen LogP contribution in [0, 0.1) is 0 Å². The van der Waals surface area contributed by atoms with E-state index in [2.05, 4.69) is 15.0 Å². The van der Waals surface area contributed by atoms with Gasteiger partial charge in [0.1, 0.15) is 10.6 Å². The van der Waals surface area contributed by atoms with Crippen molar-refractivity contribution in [2.75, 3.05) is 12.4 Å². The Morgan fingerprint density at radius 2 is 1.93 bits per heavy atom. The van der Waals surface area contributed by atoms with Gasteiger partial charge in [-0.05, 0) is 43.2 Å². The molecule has 1 heterocycles. The number of anilines is 1. The van der Waals surface area contributed by atoms with Gasteiger partial charge in [-0.1, -0.05) is 18.2 Å². The molecule has 28 heavy (non-hydrogen) atoms. The van der Waals surface area contributed by atoms with Crippen LogP contribution in [-0.4, -0.2) is 32.5 Å². The Hall–Kier alpha value is -2.97. The van der Waals surface area contributed by atoms with E-state index in [1.165, 1.54) is 25.3 Å². The first-order valence-electron chi connectivity index (χ1n) is 8.83. The van der Waals surface area contributed by atoms with Crippen molar-refractivity contribution >= 4 is 32.5 Å². The molecule has 1 saturated carbocycles. The highest BCUT2D eigenvalue weighted by atomic mass is 32.2. The van der Waals surface area contributed by atoms with Gasteiger partial charge in [0, 0.05) is 23.2 Å². The van der Waals surface area contributed by atoms with E-state index in [9.17, 15) is 13.2 Å². The summed E-state index contributed by atoms with van der Waals surface area (Å²) in [4.78, 5) is 17.0. The molecule has 4 rings (SSSR count). The van der Waals surface area contributed by atoms with E-state index in [1.54, 1.807) is 12.3 Å². The summed E-state index contributed by atoms with van der Waals surface area (Å²) in [5.41, 5.74) is 1.43. The number of ether oxygens (including phenoxy) is 1. The van der Waals surface area contributed by atoms with Crippen molar-refractivity contribution in [3.8, 4) is 5.75 Å². The molecule has 0 spiro atoms. The van der Waals surface area contributed by atoms with Gasteiger partial charge < -0.3 is 10.1 Å². The maximum absolute atomic E-state index is 12.8. The first-order chi connectivity index (χ1) is 13.5. The Kier molecular flexibility index (Phi) is 4.74. The lowest BCUT2D eigenvalue weighted by Gasteiger charge is -2.13. The summed E-state index contributed by atoms with van der Waals surface area (Å²) < 4.78 is 33.1. The molecule has 0 unspecified atom stereocenters. The second-order valence-electron chi connectivity index (χ2n) is 6.60. The zero-order valence-corrected chi connectivity index (χ0v) is 16.0. The molecule has 2 aromatic carbocycles. The minimum Gasteiger partial charge on any atom is -0.495 e. The normalized spacial score (nSPS) is 14.0. The minimum atomic E-state index is -3.77. The Balaban J connectivity index is 1.67. The van der Waals surface area contributed by atoms with Gasteiger partial charge in [0.25, 0.3) is 5.91 Å². The Morgan fingerprint density at radius 1 is 1.14 bits per heavy atom. The molecule has 0 bridgehead atoms. The highest BCUT2D eigenvalue weighted by molar-refractivity contribution is 7.89. The van der Waals surface area contributed by atoms with Crippen LogP contribution in [0.3, 0.4) is 0 Å². The lowest BCUT2D eigenvalue weighted by Crippen LogP contribution is -2.26. The molecule has 7 nitrogen and oxygen atoms in total. The van der Waals surface area contributed by atoms with Crippen molar-refractivity contribution in [2.24, 2.45) is 0 Å². The summed E-state index contributed by atoms with van der Waals surface area (Å²) >= 11 is 0. The zero-order chi connectivity index (χ0) is 19.7. The molecule has 1 aromatic heterocycles. The average Bonchev–Trinajstić information content (AvgIpc) is 3.51. The van der Waals surface area contributed by atoms with Crippen molar-refractivity contribution in [1.29, 1.82) is 0 Å². The molecule has 144 valence electrons. The maximum Gasteiger partial charge on any atom is 0.255 e. The van der Waals surface area contributed by atoms with Crippen LogP contribution in [-0.2, 0) is 10.0 Å². The second kappa shape index (κ2) is 7.21. The molecule has 2 N–H and O–H groups in total. The molecule has 1 fully saturated rings. The summed E-state index contributed by atoms with van der Waals surface area (Å²) in [7, 11) is -2.37. The van der Waals surface area contributed by atoms with Crippen LogP contribution in [0.4, 0.5) is 5.69 Å². The number of nitrogens with one attached hydrogen (secondary N) is 2. The van der Waals surface area contributed by atoms with E-state index in [-0.39, 0.29) is 22.3 Å². The molecule has 1 amide bonds. The number of rotatable bonds is 6. The largest absolute Gasteiger partial charge is 0.495 e. The van der Waals surface area contributed by atoms with Gasteiger partial charge in [-0.25, -0.2) is 13.1 Å². The number of benzene rings is 2. The SMILES string of the molecule is COc1ccc(C(=O)Nc2cccc3cccnc23)cc1S(=O)(=O)NC1CC1. The molecule has 0 atom stereocenters. The molecule has 0 radical (unpaired) electrons. The molecular weight excluding hydrogens is 378 g/mol. The lowest BCUT2D eigenvalue weighted by atomic mass is 10.1. The molecule has 1 aliphatic carbocycles. The third-order valence-electron chi connectivity index (χ3n) is 4.50. The Labute approximate surface area is 162 Å². The summed E-state index contributed by atoms with van der Waals surface area (Å²) in [6, 6.07) is 13.5. The number of fused-ring (bicyclic) bond motifs is 1. The van der Waals surface area contributed by atoms with Crippen LogP contribution in [0.5, 0.6) is 5.75 Å². The number of sulfonamides is 1. The topological polar surface area (TPSA) is 97.4 Å². The fraction of sp³-hybridized carbons (Fsp3) is 0.200. The highest BCUT2D eigenvalue weighted by Crippen LogP contribution is 2.29. The maximum atomic E-state index is 12.8. The van der Waals surface area contributed by atoms with Crippen LogP contribution < -0.4 is 14.8 Å². The van der Waals surface area contributed by atoms with Crippen molar-refractivity contribution in [3.05, 3.63) is 60.3 Å². The fourth-order valence-corrected chi connectivity index (χ4v) is 4.41. The number of hydrogen-bond acceptors (Lipinski definition) is 5. The van der Waals surface area contributed by atoms with Gasteiger partial charge in [-0.2, -0.15) is 0 Å². The average molecular weight is 397 g/mol. The zero-order valence-electron chi connectivity index (χ0n) is 15.2. The smallest absolute Gasteiger partial charge is 0.255 e. The van der Waals surface area contributed by atoms with Crippen LogP contribution in [0.25, 0.3) is 10.9 Å².